The molecule has 0 atom stereocenters. The Labute approximate surface area is 211 Å². The Morgan fingerprint density at radius 3 is 2.54 bits per heavy atom. The van der Waals surface area contributed by atoms with E-state index in [0.717, 1.165) is 22.7 Å². The van der Waals surface area contributed by atoms with Crippen molar-refractivity contribution in [3.63, 3.8) is 0 Å². The van der Waals surface area contributed by atoms with Crippen molar-refractivity contribution in [2.75, 3.05) is 24.3 Å². The van der Waals surface area contributed by atoms with Crippen LogP contribution in [0.5, 0.6) is 11.5 Å². The average molecular weight is 498 g/mol. The third-order valence-electron chi connectivity index (χ3n) is 5.95. The Hall–Kier alpha value is -4.92. The highest BCUT2D eigenvalue weighted by atomic mass is 19.1. The average Bonchev–Trinajstić information content (AvgIpc) is 3.33. The SMILES string of the molecule is Cc1ccc(C(=O)Nc2ccc(Oc3cc4cn[nH]c4cc3N(C)C)c(F)c2)c(=O)n1-c1ccccc1. The van der Waals surface area contributed by atoms with Gasteiger partial charge in [0, 0.05) is 42.6 Å². The quantitative estimate of drug-likeness (QED) is 0.333. The predicted octanol–water partition coefficient (Wildman–Crippen LogP) is 5.27. The van der Waals surface area contributed by atoms with Crippen LogP contribution in [0, 0.1) is 12.7 Å². The number of aryl methyl sites for hydroxylation is 1. The maximum absolute atomic E-state index is 15.0. The molecule has 0 aliphatic carbocycles. The molecule has 0 radical (unpaired) electrons. The summed E-state index contributed by atoms with van der Waals surface area (Å²) in [7, 11) is 3.71. The van der Waals surface area contributed by atoms with Gasteiger partial charge in [-0.2, -0.15) is 5.10 Å². The highest BCUT2D eigenvalue weighted by Gasteiger charge is 2.17. The van der Waals surface area contributed by atoms with Gasteiger partial charge in [-0.25, -0.2) is 4.39 Å². The van der Waals surface area contributed by atoms with Gasteiger partial charge in [0.1, 0.15) is 5.56 Å². The molecule has 3 aromatic carbocycles. The first kappa shape index (κ1) is 23.8. The number of H-pyrrole nitrogens is 1. The fraction of sp³-hybridized carbons (Fsp3) is 0.107. The molecule has 37 heavy (non-hydrogen) atoms. The van der Waals surface area contributed by atoms with E-state index in [2.05, 4.69) is 15.5 Å². The molecule has 0 saturated carbocycles. The second-order valence-electron chi connectivity index (χ2n) is 8.74. The number of aromatic nitrogens is 3. The van der Waals surface area contributed by atoms with Crippen LogP contribution in [0.1, 0.15) is 16.1 Å². The number of aromatic amines is 1. The molecule has 0 fully saturated rings. The van der Waals surface area contributed by atoms with Gasteiger partial charge in [-0.05, 0) is 55.5 Å². The lowest BCUT2D eigenvalue weighted by molar-refractivity contribution is 0.102. The van der Waals surface area contributed by atoms with Crippen molar-refractivity contribution >= 4 is 28.2 Å². The van der Waals surface area contributed by atoms with Gasteiger partial charge in [-0.1, -0.05) is 18.2 Å². The molecular formula is C28H24FN5O3. The maximum atomic E-state index is 15.0. The molecule has 0 unspecified atom stereocenters. The maximum Gasteiger partial charge on any atom is 0.268 e. The van der Waals surface area contributed by atoms with E-state index >= 15 is 4.39 Å². The van der Waals surface area contributed by atoms with Crippen LogP contribution in [0.15, 0.2) is 83.8 Å². The highest BCUT2D eigenvalue weighted by molar-refractivity contribution is 6.04. The van der Waals surface area contributed by atoms with E-state index in [1.54, 1.807) is 37.4 Å². The summed E-state index contributed by atoms with van der Waals surface area (Å²) in [6.07, 6.45) is 1.66. The predicted molar refractivity (Wildman–Crippen MR) is 142 cm³/mol. The summed E-state index contributed by atoms with van der Waals surface area (Å²) in [5.74, 6) is -0.857. The number of hydrogen-bond acceptors (Lipinski definition) is 5. The Morgan fingerprint density at radius 2 is 1.81 bits per heavy atom. The first-order chi connectivity index (χ1) is 17.8. The summed E-state index contributed by atoms with van der Waals surface area (Å²) >= 11 is 0. The number of nitrogens with zero attached hydrogens (tertiary/aromatic N) is 3. The van der Waals surface area contributed by atoms with Gasteiger partial charge in [0.2, 0.25) is 0 Å². The zero-order valence-corrected chi connectivity index (χ0v) is 20.4. The highest BCUT2D eigenvalue weighted by Crippen LogP contribution is 2.36. The summed E-state index contributed by atoms with van der Waals surface area (Å²) in [4.78, 5) is 27.9. The lowest BCUT2D eigenvalue weighted by Gasteiger charge is -2.18. The van der Waals surface area contributed by atoms with Gasteiger partial charge < -0.3 is 15.0 Å². The summed E-state index contributed by atoms with van der Waals surface area (Å²) in [5.41, 5.74) is 2.58. The molecule has 0 aliphatic heterocycles. The minimum atomic E-state index is -0.666. The van der Waals surface area contributed by atoms with Crippen LogP contribution in [-0.4, -0.2) is 34.8 Å². The number of fused-ring (bicyclic) bond motifs is 1. The lowest BCUT2D eigenvalue weighted by atomic mass is 10.2. The summed E-state index contributed by atoms with van der Waals surface area (Å²) in [6.45, 7) is 1.79. The lowest BCUT2D eigenvalue weighted by Crippen LogP contribution is -2.29. The van der Waals surface area contributed by atoms with Crippen molar-refractivity contribution in [3.05, 3.63) is 106 Å². The molecule has 0 aliphatic rings. The van der Waals surface area contributed by atoms with E-state index in [9.17, 15) is 9.59 Å². The number of para-hydroxylation sites is 1. The Morgan fingerprint density at radius 1 is 1.03 bits per heavy atom. The largest absolute Gasteiger partial charge is 0.452 e. The standard InChI is InChI=1S/C28H24FN5O3/c1-17-9-11-21(28(36)34(17)20-7-5-4-6-8-20)27(35)31-19-10-12-25(22(29)14-19)37-26-13-18-16-30-32-23(18)15-24(26)33(2)3/h4-16H,1-3H3,(H,30,32)(H,31,35). The number of benzene rings is 3. The van der Waals surface area contributed by atoms with Crippen molar-refractivity contribution in [2.24, 2.45) is 0 Å². The minimum absolute atomic E-state index is 0.00860. The molecule has 8 nitrogen and oxygen atoms in total. The number of amides is 1. The first-order valence-corrected chi connectivity index (χ1v) is 11.5. The Kier molecular flexibility index (Phi) is 6.19. The van der Waals surface area contributed by atoms with E-state index in [4.69, 9.17) is 4.74 Å². The number of carbonyl (C=O) groups is 1. The van der Waals surface area contributed by atoms with E-state index < -0.39 is 17.3 Å². The van der Waals surface area contributed by atoms with Crippen LogP contribution >= 0.6 is 0 Å². The van der Waals surface area contributed by atoms with E-state index in [0.29, 0.717) is 17.1 Å². The number of ether oxygens (including phenoxy) is 1. The van der Waals surface area contributed by atoms with E-state index in [1.165, 1.54) is 22.8 Å². The van der Waals surface area contributed by atoms with Crippen molar-refractivity contribution in [2.45, 2.75) is 6.92 Å². The number of halogens is 1. The molecule has 186 valence electrons. The van der Waals surface area contributed by atoms with Crippen molar-refractivity contribution < 1.29 is 13.9 Å². The molecule has 5 aromatic rings. The van der Waals surface area contributed by atoms with Crippen LogP contribution in [0.25, 0.3) is 16.6 Å². The molecule has 1 amide bonds. The van der Waals surface area contributed by atoms with Gasteiger partial charge in [0.05, 0.1) is 17.4 Å². The molecule has 2 heterocycles. The second-order valence-corrected chi connectivity index (χ2v) is 8.74. The zero-order valence-electron chi connectivity index (χ0n) is 20.4. The van der Waals surface area contributed by atoms with Crippen LogP contribution in [0.3, 0.4) is 0 Å². The molecule has 9 heteroatoms. The second kappa shape index (κ2) is 9.62. The van der Waals surface area contributed by atoms with Gasteiger partial charge in [0.15, 0.2) is 17.3 Å². The Balaban J connectivity index is 1.40. The molecule has 0 saturated heterocycles. The molecule has 0 spiro atoms. The molecule has 0 bridgehead atoms. The Bertz CT molecular complexity index is 1680. The third-order valence-corrected chi connectivity index (χ3v) is 5.95. The van der Waals surface area contributed by atoms with Crippen LogP contribution in [0.4, 0.5) is 15.8 Å². The van der Waals surface area contributed by atoms with Crippen LogP contribution < -0.4 is 20.5 Å². The third kappa shape index (κ3) is 4.66. The van der Waals surface area contributed by atoms with Gasteiger partial charge in [0.25, 0.3) is 11.5 Å². The molecule has 2 N–H and O–H groups in total. The van der Waals surface area contributed by atoms with Gasteiger partial charge in [-0.3, -0.25) is 19.3 Å². The number of anilines is 2. The summed E-state index contributed by atoms with van der Waals surface area (Å²) in [6, 6.07) is 20.0. The van der Waals surface area contributed by atoms with Crippen molar-refractivity contribution in [1.82, 2.24) is 14.8 Å². The summed E-state index contributed by atoms with van der Waals surface area (Å²) < 4.78 is 22.4. The van der Waals surface area contributed by atoms with Crippen molar-refractivity contribution in [1.29, 1.82) is 0 Å². The molecular weight excluding hydrogens is 473 g/mol. The topological polar surface area (TPSA) is 92.2 Å². The number of carbonyl (C=O) groups excluding carboxylic acids is 1. The number of pyridine rings is 1. The normalized spacial score (nSPS) is 10.9. The van der Waals surface area contributed by atoms with Gasteiger partial charge in [-0.15, -0.1) is 0 Å². The van der Waals surface area contributed by atoms with Crippen LogP contribution in [0.2, 0.25) is 0 Å². The molecule has 2 aromatic heterocycles. The summed E-state index contributed by atoms with van der Waals surface area (Å²) in [5, 5.41) is 10.4. The van der Waals surface area contributed by atoms with E-state index in [1.807, 2.05) is 43.3 Å². The molecule has 5 rings (SSSR count). The minimum Gasteiger partial charge on any atom is -0.452 e. The number of rotatable bonds is 6. The number of nitrogens with one attached hydrogen (secondary N) is 2. The monoisotopic (exact) mass is 497 g/mol. The number of hydrogen-bond donors (Lipinski definition) is 2. The smallest absolute Gasteiger partial charge is 0.268 e. The fourth-order valence-electron chi connectivity index (χ4n) is 4.07. The van der Waals surface area contributed by atoms with Crippen LogP contribution in [-0.2, 0) is 0 Å². The fourth-order valence-corrected chi connectivity index (χ4v) is 4.07. The first-order valence-electron chi connectivity index (χ1n) is 11.5. The van der Waals surface area contributed by atoms with Crippen molar-refractivity contribution in [3.8, 4) is 17.2 Å². The van der Waals surface area contributed by atoms with Gasteiger partial charge >= 0.3 is 0 Å². The zero-order chi connectivity index (χ0) is 26.1. The van der Waals surface area contributed by atoms with E-state index in [-0.39, 0.29) is 17.0 Å².